The largest absolute Gasteiger partial charge is 0.459 e. The van der Waals surface area contributed by atoms with E-state index in [0.717, 1.165) is 52.8 Å². The highest BCUT2D eigenvalue weighted by molar-refractivity contribution is 6.76. The van der Waals surface area contributed by atoms with Gasteiger partial charge in [0.1, 0.15) is 11.6 Å². The number of nitrogens with one attached hydrogen (secondary N) is 1. The van der Waals surface area contributed by atoms with Crippen molar-refractivity contribution in [3.05, 3.63) is 95.1 Å². The van der Waals surface area contributed by atoms with E-state index < -0.39 is 21.6 Å². The maximum atomic E-state index is 13.1. The Morgan fingerprint density at radius 1 is 0.958 bits per heavy atom. The van der Waals surface area contributed by atoms with Crippen molar-refractivity contribution in [1.29, 1.82) is 0 Å². The Morgan fingerprint density at radius 3 is 2.27 bits per heavy atom. The second kappa shape index (κ2) is 15.5. The van der Waals surface area contributed by atoms with Crippen molar-refractivity contribution in [2.45, 2.75) is 87.6 Å². The van der Waals surface area contributed by atoms with Gasteiger partial charge < -0.3 is 24.6 Å². The van der Waals surface area contributed by atoms with E-state index in [9.17, 15) is 14.7 Å². The van der Waals surface area contributed by atoms with Gasteiger partial charge in [0.15, 0.2) is 6.29 Å². The number of ether oxygens (including phenoxy) is 3. The number of nitrogens with zero attached hydrogens (tertiary/aromatic N) is 1. The van der Waals surface area contributed by atoms with Crippen molar-refractivity contribution in [2.24, 2.45) is 5.92 Å². The predicted molar refractivity (Wildman–Crippen MR) is 187 cm³/mol. The second-order valence-corrected chi connectivity index (χ2v) is 15.7. The van der Waals surface area contributed by atoms with E-state index in [-0.39, 0.29) is 43.3 Å². The van der Waals surface area contributed by atoms with E-state index in [1.165, 1.54) is 0 Å². The van der Waals surface area contributed by atoms with Crippen molar-refractivity contribution in [3.8, 4) is 11.1 Å². The first-order valence-electron chi connectivity index (χ1n) is 16.2. The molecule has 2 aliphatic rings. The van der Waals surface area contributed by atoms with Crippen LogP contribution in [-0.2, 0) is 37.0 Å². The molecule has 0 saturated carbocycles. The topological polar surface area (TPSA) is 97.3 Å². The first kappa shape index (κ1) is 36.6. The molecule has 0 spiro atoms. The van der Waals surface area contributed by atoms with Crippen LogP contribution in [0.15, 0.2) is 72.8 Å². The normalized spacial score (nSPS) is 23.5. The fraction of sp³-hybridized carbons (Fsp3) is 0.459. The van der Waals surface area contributed by atoms with E-state index in [2.05, 4.69) is 17.1 Å². The number of aliphatic hydroxyl groups excluding tert-OH is 1. The molecule has 2 saturated heterocycles. The zero-order valence-electron chi connectivity index (χ0n) is 27.6. The number of likely N-dealkylation sites (tertiary alicyclic amines) is 1. The van der Waals surface area contributed by atoms with Crippen LogP contribution in [0.5, 0.6) is 0 Å². The molecule has 2 heterocycles. The maximum Gasteiger partial charge on any atom is 0.323 e. The van der Waals surface area contributed by atoms with Crippen molar-refractivity contribution in [1.82, 2.24) is 10.2 Å². The number of rotatable bonds is 9. The average molecular weight is 718 g/mol. The number of carbonyl (C=O) groups is 2. The molecule has 0 unspecified atom stereocenters. The minimum atomic E-state index is -2.05. The number of esters is 1. The highest BCUT2D eigenvalue weighted by Crippen LogP contribution is 2.43. The summed E-state index contributed by atoms with van der Waals surface area (Å²) in [7, 11) is 0. The fourth-order valence-electron chi connectivity index (χ4n) is 6.29. The number of alkyl halides is 3. The summed E-state index contributed by atoms with van der Waals surface area (Å²) in [4.78, 5) is 27.5. The van der Waals surface area contributed by atoms with Crippen LogP contribution < -0.4 is 5.32 Å². The molecular formula is C37H43Cl3N2O6. The minimum absolute atomic E-state index is 0.0322. The summed E-state index contributed by atoms with van der Waals surface area (Å²) in [5.41, 5.74) is 4.83. The average Bonchev–Trinajstić information content (AvgIpc) is 3.52. The number of hydrogen-bond donors (Lipinski definition) is 2. The molecule has 1 amide bonds. The first-order valence-corrected chi connectivity index (χ1v) is 17.4. The van der Waals surface area contributed by atoms with Crippen molar-refractivity contribution in [2.75, 3.05) is 13.1 Å². The van der Waals surface area contributed by atoms with Crippen LogP contribution in [0, 0.1) is 5.92 Å². The molecule has 2 N–H and O–H groups in total. The second-order valence-electron chi connectivity index (χ2n) is 13.5. The Kier molecular flexibility index (Phi) is 11.8. The number of hydrogen-bond acceptors (Lipinski definition) is 7. The molecule has 0 aromatic heterocycles. The molecule has 258 valence electrons. The lowest BCUT2D eigenvalue weighted by atomic mass is 9.89. The molecule has 2 aliphatic heterocycles. The van der Waals surface area contributed by atoms with E-state index in [0.29, 0.717) is 6.54 Å². The fourth-order valence-corrected chi connectivity index (χ4v) is 6.49. The molecule has 0 aliphatic carbocycles. The highest BCUT2D eigenvalue weighted by atomic mass is 35.6. The SMILES string of the molecule is C[C@@H]1[C@H](CN2CCC[C@H]2C(=O)OC(C)(C)C)O[C@H](c2ccc(-c3ccccc3CNC(=O)C(Cl)(Cl)Cl)cc2)O[C@@H]1c1ccc(CO)cc1. The monoisotopic (exact) mass is 716 g/mol. The number of benzene rings is 3. The van der Waals surface area contributed by atoms with Crippen molar-refractivity contribution in [3.63, 3.8) is 0 Å². The molecule has 8 nitrogen and oxygen atoms in total. The molecule has 0 bridgehead atoms. The van der Waals surface area contributed by atoms with Crippen LogP contribution in [0.1, 0.15) is 75.2 Å². The number of amides is 1. The third-order valence-corrected chi connectivity index (χ3v) is 9.30. The van der Waals surface area contributed by atoms with Gasteiger partial charge in [-0.1, -0.05) is 115 Å². The maximum absolute atomic E-state index is 13.1. The lowest BCUT2D eigenvalue weighted by molar-refractivity contribution is -0.276. The first-order chi connectivity index (χ1) is 22.7. The number of aliphatic hydroxyl groups is 1. The van der Waals surface area contributed by atoms with Crippen LogP contribution >= 0.6 is 34.8 Å². The molecule has 48 heavy (non-hydrogen) atoms. The summed E-state index contributed by atoms with van der Waals surface area (Å²) in [5.74, 6) is -0.926. The predicted octanol–water partition coefficient (Wildman–Crippen LogP) is 7.43. The van der Waals surface area contributed by atoms with Crippen LogP contribution in [-0.4, -0.2) is 56.5 Å². The minimum Gasteiger partial charge on any atom is -0.459 e. The van der Waals surface area contributed by atoms with Crippen LogP contribution in [0.2, 0.25) is 0 Å². The summed E-state index contributed by atoms with van der Waals surface area (Å²) in [6, 6.07) is 23.1. The smallest absolute Gasteiger partial charge is 0.323 e. The molecule has 0 radical (unpaired) electrons. The van der Waals surface area contributed by atoms with E-state index in [1.807, 2.05) is 93.6 Å². The molecule has 2 fully saturated rings. The third kappa shape index (κ3) is 9.10. The molecule has 5 atom stereocenters. The third-order valence-electron chi connectivity index (χ3n) is 8.79. The number of halogens is 3. The summed E-state index contributed by atoms with van der Waals surface area (Å²) in [5, 5.41) is 12.3. The zero-order chi connectivity index (χ0) is 34.6. The van der Waals surface area contributed by atoms with Gasteiger partial charge >= 0.3 is 5.97 Å². The summed E-state index contributed by atoms with van der Waals surface area (Å²) < 4.78 is 17.1. The summed E-state index contributed by atoms with van der Waals surface area (Å²) in [6.07, 6.45) is 0.471. The Hall–Kier alpha value is -2.69. The van der Waals surface area contributed by atoms with E-state index >= 15 is 0 Å². The van der Waals surface area contributed by atoms with Gasteiger partial charge in [-0.15, -0.1) is 0 Å². The van der Waals surface area contributed by atoms with Crippen LogP contribution in [0.25, 0.3) is 11.1 Å². The van der Waals surface area contributed by atoms with Crippen LogP contribution in [0.3, 0.4) is 0 Å². The van der Waals surface area contributed by atoms with E-state index in [4.69, 9.17) is 49.0 Å². The lowest BCUT2D eigenvalue weighted by Gasteiger charge is -2.43. The Labute approximate surface area is 297 Å². The van der Waals surface area contributed by atoms with E-state index in [1.54, 1.807) is 0 Å². The molecule has 11 heteroatoms. The van der Waals surface area contributed by atoms with Crippen LogP contribution in [0.4, 0.5) is 0 Å². The molecule has 3 aromatic rings. The Balaban J connectivity index is 1.38. The van der Waals surface area contributed by atoms with Gasteiger partial charge in [0.05, 0.1) is 18.8 Å². The Morgan fingerprint density at radius 2 is 1.62 bits per heavy atom. The number of carbonyl (C=O) groups excluding carboxylic acids is 2. The lowest BCUT2D eigenvalue weighted by Crippen LogP contribution is -2.48. The standard InChI is InChI=1S/C37H43Cl3N2O6/c1-23-31(21-42-19-7-10-30(42)33(44)48-36(2,3)4)46-34(47-32(23)26-13-11-24(22-43)12-14-26)27-17-15-25(16-18-27)29-9-6-5-8-28(29)20-41-35(45)37(38,39)40/h5-6,8-9,11-18,23,30-32,34,43H,7,10,19-22H2,1-4H3,(H,41,45)/t23-,30+,31+,32+,34+/m1/s1. The Bertz CT molecular complexity index is 1560. The van der Waals surface area contributed by atoms with Crippen molar-refractivity contribution >= 4 is 46.7 Å². The zero-order valence-corrected chi connectivity index (χ0v) is 29.9. The van der Waals surface area contributed by atoms with Gasteiger partial charge in [-0.2, -0.15) is 0 Å². The molecule has 5 rings (SSSR count). The molecular weight excluding hydrogens is 675 g/mol. The summed E-state index contributed by atoms with van der Waals surface area (Å²) >= 11 is 17.2. The highest BCUT2D eigenvalue weighted by Gasteiger charge is 2.42. The van der Waals surface area contributed by atoms with Gasteiger partial charge in [0.25, 0.3) is 9.70 Å². The molecule has 3 aromatic carbocycles. The van der Waals surface area contributed by atoms with Gasteiger partial charge in [0, 0.05) is 24.6 Å². The van der Waals surface area contributed by atoms with Gasteiger partial charge in [-0.3, -0.25) is 14.5 Å². The van der Waals surface area contributed by atoms with Gasteiger partial charge in [-0.25, -0.2) is 0 Å². The summed E-state index contributed by atoms with van der Waals surface area (Å²) in [6.45, 7) is 9.28. The van der Waals surface area contributed by atoms with Crippen molar-refractivity contribution < 1.29 is 28.9 Å². The quantitative estimate of drug-likeness (QED) is 0.176. The van der Waals surface area contributed by atoms with Gasteiger partial charge in [0.2, 0.25) is 0 Å². The van der Waals surface area contributed by atoms with Gasteiger partial charge in [-0.05, 0) is 68.0 Å².